The van der Waals surface area contributed by atoms with E-state index in [1.807, 2.05) is 0 Å². The fourth-order valence-corrected chi connectivity index (χ4v) is 4.34. The molecule has 0 aliphatic carbocycles. The number of halogens is 1. The predicted molar refractivity (Wildman–Crippen MR) is 98.8 cm³/mol. The number of anilines is 1. The maximum atomic E-state index is 12.5. The number of rotatable bonds is 3. The first-order valence-electron chi connectivity index (χ1n) is 7.75. The molecule has 136 valence electrons. The van der Waals surface area contributed by atoms with E-state index in [1.54, 1.807) is 24.3 Å². The third kappa shape index (κ3) is 3.38. The molecule has 0 radical (unpaired) electrons. The SMILES string of the molecule is COC(=O)N1CCc2c(sc(NC(=O)c3ccccc3Cl)c2C(N)=O)C1. The van der Waals surface area contributed by atoms with Crippen LogP contribution < -0.4 is 11.1 Å². The minimum absolute atomic E-state index is 0.287. The van der Waals surface area contributed by atoms with Crippen molar-refractivity contribution in [2.24, 2.45) is 5.73 Å². The first-order valence-corrected chi connectivity index (χ1v) is 8.95. The number of methoxy groups -OCH3 is 1. The highest BCUT2D eigenvalue weighted by atomic mass is 35.5. The second-order valence-corrected chi connectivity index (χ2v) is 7.16. The zero-order chi connectivity index (χ0) is 18.8. The van der Waals surface area contributed by atoms with Crippen LogP contribution in [0.5, 0.6) is 0 Å². The third-order valence-corrected chi connectivity index (χ3v) is 5.54. The van der Waals surface area contributed by atoms with Gasteiger partial charge in [-0.1, -0.05) is 23.7 Å². The number of benzene rings is 1. The number of carbonyl (C=O) groups is 3. The van der Waals surface area contributed by atoms with E-state index < -0.39 is 17.9 Å². The van der Waals surface area contributed by atoms with Crippen molar-refractivity contribution in [2.75, 3.05) is 19.0 Å². The van der Waals surface area contributed by atoms with Crippen LogP contribution in [0.1, 0.15) is 31.2 Å². The molecular weight excluding hydrogens is 378 g/mol. The summed E-state index contributed by atoms with van der Waals surface area (Å²) in [5.74, 6) is -1.05. The van der Waals surface area contributed by atoms with Crippen LogP contribution in [0.15, 0.2) is 24.3 Å². The van der Waals surface area contributed by atoms with Crippen molar-refractivity contribution in [3.63, 3.8) is 0 Å². The van der Waals surface area contributed by atoms with E-state index in [-0.39, 0.29) is 5.56 Å². The number of carbonyl (C=O) groups excluding carboxylic acids is 3. The Kier molecular flexibility index (Phi) is 5.15. The quantitative estimate of drug-likeness (QED) is 0.836. The van der Waals surface area contributed by atoms with Gasteiger partial charge in [0.25, 0.3) is 11.8 Å². The van der Waals surface area contributed by atoms with Gasteiger partial charge in [0.1, 0.15) is 5.00 Å². The molecule has 2 aromatic rings. The fraction of sp³-hybridized carbons (Fsp3) is 0.235. The summed E-state index contributed by atoms with van der Waals surface area (Å²) in [4.78, 5) is 38.5. The molecule has 1 aromatic carbocycles. The number of ether oxygens (including phenoxy) is 1. The van der Waals surface area contributed by atoms with Gasteiger partial charge < -0.3 is 20.7 Å². The Bertz CT molecular complexity index is 896. The summed E-state index contributed by atoms with van der Waals surface area (Å²) >= 11 is 7.28. The molecule has 0 saturated heterocycles. The number of hydrogen-bond donors (Lipinski definition) is 2. The van der Waals surface area contributed by atoms with E-state index in [0.717, 1.165) is 10.4 Å². The van der Waals surface area contributed by atoms with Gasteiger partial charge in [-0.15, -0.1) is 11.3 Å². The van der Waals surface area contributed by atoms with E-state index in [2.05, 4.69) is 5.32 Å². The Hall–Kier alpha value is -2.58. The maximum absolute atomic E-state index is 12.5. The summed E-state index contributed by atoms with van der Waals surface area (Å²) in [7, 11) is 1.32. The van der Waals surface area contributed by atoms with E-state index in [0.29, 0.717) is 35.1 Å². The van der Waals surface area contributed by atoms with E-state index in [9.17, 15) is 14.4 Å². The van der Waals surface area contributed by atoms with E-state index >= 15 is 0 Å². The molecule has 0 unspecified atom stereocenters. The summed E-state index contributed by atoms with van der Waals surface area (Å²) in [5.41, 5.74) is 6.88. The largest absolute Gasteiger partial charge is 0.453 e. The second kappa shape index (κ2) is 7.35. The Morgan fingerprint density at radius 3 is 2.69 bits per heavy atom. The van der Waals surface area contributed by atoms with Crippen molar-refractivity contribution in [2.45, 2.75) is 13.0 Å². The maximum Gasteiger partial charge on any atom is 0.409 e. The van der Waals surface area contributed by atoms with E-state index in [4.69, 9.17) is 22.1 Å². The number of nitrogens with two attached hydrogens (primary N) is 1. The first-order chi connectivity index (χ1) is 12.4. The molecule has 0 atom stereocenters. The number of nitrogens with zero attached hydrogens (tertiary/aromatic N) is 1. The van der Waals surface area contributed by atoms with Crippen molar-refractivity contribution in [1.82, 2.24) is 4.90 Å². The second-order valence-electron chi connectivity index (χ2n) is 5.65. The van der Waals surface area contributed by atoms with Gasteiger partial charge in [0.05, 0.1) is 29.8 Å². The predicted octanol–water partition coefficient (Wildman–Crippen LogP) is 2.88. The van der Waals surface area contributed by atoms with Crippen molar-refractivity contribution in [3.05, 3.63) is 50.9 Å². The molecule has 0 saturated carbocycles. The van der Waals surface area contributed by atoms with Crippen LogP contribution >= 0.6 is 22.9 Å². The number of fused-ring (bicyclic) bond motifs is 1. The molecule has 26 heavy (non-hydrogen) atoms. The topological polar surface area (TPSA) is 102 Å². The van der Waals surface area contributed by atoms with Gasteiger partial charge >= 0.3 is 6.09 Å². The van der Waals surface area contributed by atoms with Crippen LogP contribution in [0.4, 0.5) is 9.80 Å². The number of primary amides is 1. The number of nitrogens with one attached hydrogen (secondary N) is 1. The number of amides is 3. The Balaban J connectivity index is 1.92. The molecule has 0 bridgehead atoms. The van der Waals surface area contributed by atoms with Crippen LogP contribution in [0.3, 0.4) is 0 Å². The van der Waals surface area contributed by atoms with Crippen LogP contribution in [0.2, 0.25) is 5.02 Å². The molecule has 2 heterocycles. The van der Waals surface area contributed by atoms with Crippen LogP contribution in [0.25, 0.3) is 0 Å². The molecular formula is C17H16ClN3O4S. The van der Waals surface area contributed by atoms with E-state index in [1.165, 1.54) is 23.3 Å². The molecule has 0 spiro atoms. The van der Waals surface area contributed by atoms with Crippen LogP contribution in [-0.2, 0) is 17.7 Å². The van der Waals surface area contributed by atoms with Crippen molar-refractivity contribution < 1.29 is 19.1 Å². The lowest BCUT2D eigenvalue weighted by Crippen LogP contribution is -2.35. The van der Waals surface area contributed by atoms with Crippen molar-refractivity contribution in [3.8, 4) is 0 Å². The first kappa shape index (κ1) is 18.2. The molecule has 1 aliphatic heterocycles. The van der Waals surface area contributed by atoms with Crippen LogP contribution in [-0.4, -0.2) is 36.5 Å². The summed E-state index contributed by atoms with van der Waals surface area (Å²) < 4.78 is 4.74. The summed E-state index contributed by atoms with van der Waals surface area (Å²) in [6, 6.07) is 6.62. The van der Waals surface area contributed by atoms with Gasteiger partial charge in [-0.05, 0) is 24.1 Å². The molecule has 7 nitrogen and oxygen atoms in total. The molecule has 3 N–H and O–H groups in total. The monoisotopic (exact) mass is 393 g/mol. The fourth-order valence-electron chi connectivity index (χ4n) is 2.85. The van der Waals surface area contributed by atoms with Gasteiger partial charge in [0, 0.05) is 11.4 Å². The smallest absolute Gasteiger partial charge is 0.409 e. The average molecular weight is 394 g/mol. The Morgan fingerprint density at radius 1 is 1.31 bits per heavy atom. The van der Waals surface area contributed by atoms with Gasteiger partial charge in [0.15, 0.2) is 0 Å². The lowest BCUT2D eigenvalue weighted by molar-refractivity contribution is 0.0999. The molecule has 0 fully saturated rings. The summed E-state index contributed by atoms with van der Waals surface area (Å²) in [6.45, 7) is 0.712. The highest BCUT2D eigenvalue weighted by Gasteiger charge is 2.30. The highest BCUT2D eigenvalue weighted by molar-refractivity contribution is 7.17. The average Bonchev–Trinajstić information content (AvgIpc) is 2.98. The molecule has 1 aliphatic rings. The zero-order valence-corrected chi connectivity index (χ0v) is 15.4. The van der Waals surface area contributed by atoms with Gasteiger partial charge in [-0.2, -0.15) is 0 Å². The molecule has 1 aromatic heterocycles. The van der Waals surface area contributed by atoms with Gasteiger partial charge in [-0.25, -0.2) is 4.79 Å². The summed E-state index contributed by atoms with van der Waals surface area (Å²) in [5, 5.41) is 3.39. The minimum Gasteiger partial charge on any atom is -0.453 e. The number of thiophene rings is 1. The normalized spacial score (nSPS) is 13.1. The molecule has 3 rings (SSSR count). The highest BCUT2D eigenvalue weighted by Crippen LogP contribution is 2.37. The van der Waals surface area contributed by atoms with Gasteiger partial charge in [0.2, 0.25) is 0 Å². The van der Waals surface area contributed by atoms with Crippen LogP contribution in [0, 0.1) is 0 Å². The number of hydrogen-bond acceptors (Lipinski definition) is 5. The Labute approximate surface area is 158 Å². The minimum atomic E-state index is -0.622. The molecule has 9 heteroatoms. The lowest BCUT2D eigenvalue weighted by Gasteiger charge is -2.25. The molecule has 3 amide bonds. The van der Waals surface area contributed by atoms with Gasteiger partial charge in [-0.3, -0.25) is 9.59 Å². The van der Waals surface area contributed by atoms with Crippen molar-refractivity contribution in [1.29, 1.82) is 0 Å². The Morgan fingerprint density at radius 2 is 2.04 bits per heavy atom. The van der Waals surface area contributed by atoms with Crippen molar-refractivity contribution >= 4 is 45.8 Å². The standard InChI is InChI=1S/C17H16ClN3O4S/c1-25-17(24)21-7-6-10-12(8-21)26-16(13(10)14(19)22)20-15(23)9-4-2-3-5-11(9)18/h2-5H,6-8H2,1H3,(H2,19,22)(H,20,23). The lowest BCUT2D eigenvalue weighted by atomic mass is 10.0. The summed E-state index contributed by atoms with van der Waals surface area (Å²) in [6.07, 6.45) is 0.0209. The third-order valence-electron chi connectivity index (χ3n) is 4.08. The zero-order valence-electron chi connectivity index (χ0n) is 13.9.